The molecule has 1 unspecified atom stereocenters. The second kappa shape index (κ2) is 9.08. The van der Waals surface area contributed by atoms with Crippen molar-refractivity contribution in [3.63, 3.8) is 0 Å². The molecule has 152 valence electrons. The second-order valence-corrected chi connectivity index (χ2v) is 7.89. The molecular formula is C25H29NO3. The molecule has 0 bridgehead atoms. The molecule has 1 aliphatic rings. The molecule has 1 heterocycles. The zero-order valence-electron chi connectivity index (χ0n) is 17.4. The first-order valence-corrected chi connectivity index (χ1v) is 10.4. The van der Waals surface area contributed by atoms with Gasteiger partial charge in [0.1, 0.15) is 5.76 Å². The molecule has 0 saturated carbocycles. The summed E-state index contributed by atoms with van der Waals surface area (Å²) >= 11 is 0. The van der Waals surface area contributed by atoms with Gasteiger partial charge in [0.05, 0.1) is 11.6 Å². The number of rotatable bonds is 7. The molecule has 1 saturated heterocycles. The number of unbranched alkanes of at least 4 members (excludes halogenated alkanes) is 2. The van der Waals surface area contributed by atoms with Crippen molar-refractivity contribution >= 4 is 17.4 Å². The third kappa shape index (κ3) is 4.26. The number of aliphatic hydroxyl groups excluding tert-OH is 1. The highest BCUT2D eigenvalue weighted by molar-refractivity contribution is 6.46. The van der Waals surface area contributed by atoms with E-state index < -0.39 is 17.7 Å². The summed E-state index contributed by atoms with van der Waals surface area (Å²) in [4.78, 5) is 27.4. The monoisotopic (exact) mass is 391 g/mol. The van der Waals surface area contributed by atoms with Gasteiger partial charge in [0.15, 0.2) is 0 Å². The van der Waals surface area contributed by atoms with Crippen LogP contribution in [0.15, 0.2) is 60.2 Å². The molecule has 3 rings (SSSR count). The Hall–Kier alpha value is -2.88. The number of Topliss-reactive ketones (excluding diaryl/α,β-unsaturated/α-hetero) is 1. The topological polar surface area (TPSA) is 57.6 Å². The lowest BCUT2D eigenvalue weighted by Gasteiger charge is -2.25. The van der Waals surface area contributed by atoms with Gasteiger partial charge in [0, 0.05) is 12.1 Å². The number of likely N-dealkylation sites (tertiary alicyclic amines) is 1. The van der Waals surface area contributed by atoms with E-state index in [1.165, 1.54) is 5.56 Å². The van der Waals surface area contributed by atoms with Crippen LogP contribution in [-0.4, -0.2) is 28.2 Å². The minimum absolute atomic E-state index is 0.111. The standard InChI is InChI=1S/C25H29NO3/c1-4-5-9-16-26-22(19-14-12-18(13-15-19)17(2)3)21(24(28)25(26)29)23(27)20-10-7-6-8-11-20/h6-8,10-15,17,22,27H,4-5,9,16H2,1-3H3/b23-21-. The first-order valence-electron chi connectivity index (χ1n) is 10.4. The molecule has 1 N–H and O–H groups in total. The number of nitrogens with zero attached hydrogens (tertiary/aromatic N) is 1. The fraction of sp³-hybridized carbons (Fsp3) is 0.360. The van der Waals surface area contributed by atoms with Gasteiger partial charge in [-0.2, -0.15) is 0 Å². The lowest BCUT2D eigenvalue weighted by Crippen LogP contribution is -2.30. The van der Waals surface area contributed by atoms with Crippen LogP contribution in [-0.2, 0) is 9.59 Å². The van der Waals surface area contributed by atoms with E-state index in [-0.39, 0.29) is 11.3 Å². The Labute approximate surface area is 172 Å². The molecule has 0 aromatic heterocycles. The SMILES string of the molecule is CCCCCN1C(=O)C(=O)/C(=C(\O)c2ccccc2)C1c1ccc(C(C)C)cc1. The van der Waals surface area contributed by atoms with Crippen LogP contribution in [0.5, 0.6) is 0 Å². The number of hydrogen-bond donors (Lipinski definition) is 1. The van der Waals surface area contributed by atoms with Crippen LogP contribution in [0.1, 0.15) is 68.7 Å². The number of carbonyl (C=O) groups is 2. The Morgan fingerprint density at radius 3 is 2.24 bits per heavy atom. The first kappa shape index (κ1) is 20.8. The van der Waals surface area contributed by atoms with Crippen LogP contribution in [0, 0.1) is 0 Å². The molecule has 2 aromatic carbocycles. The van der Waals surface area contributed by atoms with E-state index in [1.807, 2.05) is 30.3 Å². The van der Waals surface area contributed by atoms with Crippen molar-refractivity contribution in [3.8, 4) is 0 Å². The second-order valence-electron chi connectivity index (χ2n) is 7.89. The Morgan fingerprint density at radius 2 is 1.66 bits per heavy atom. The van der Waals surface area contributed by atoms with Crippen molar-refractivity contribution < 1.29 is 14.7 Å². The average Bonchev–Trinajstić information content (AvgIpc) is 2.99. The van der Waals surface area contributed by atoms with Gasteiger partial charge in [-0.15, -0.1) is 0 Å². The number of benzene rings is 2. The number of hydrogen-bond acceptors (Lipinski definition) is 3. The molecule has 1 amide bonds. The normalized spacial score (nSPS) is 18.6. The highest BCUT2D eigenvalue weighted by Gasteiger charge is 2.45. The van der Waals surface area contributed by atoms with E-state index >= 15 is 0 Å². The van der Waals surface area contributed by atoms with Crippen molar-refractivity contribution in [1.29, 1.82) is 0 Å². The largest absolute Gasteiger partial charge is 0.507 e. The maximum atomic E-state index is 12.9. The molecule has 0 aliphatic carbocycles. The predicted molar refractivity (Wildman–Crippen MR) is 116 cm³/mol. The quantitative estimate of drug-likeness (QED) is 0.297. The van der Waals surface area contributed by atoms with Gasteiger partial charge in [-0.05, 0) is 23.5 Å². The summed E-state index contributed by atoms with van der Waals surface area (Å²) in [6.45, 7) is 6.86. The van der Waals surface area contributed by atoms with E-state index in [9.17, 15) is 14.7 Å². The van der Waals surface area contributed by atoms with E-state index in [1.54, 1.807) is 29.2 Å². The van der Waals surface area contributed by atoms with Crippen molar-refractivity contribution in [1.82, 2.24) is 4.90 Å². The fourth-order valence-corrected chi connectivity index (χ4v) is 3.80. The van der Waals surface area contributed by atoms with Gasteiger partial charge in [-0.1, -0.05) is 88.2 Å². The summed E-state index contributed by atoms with van der Waals surface area (Å²) in [6, 6.07) is 16.4. The maximum absolute atomic E-state index is 12.9. The Kier molecular flexibility index (Phi) is 6.53. The van der Waals surface area contributed by atoms with Crippen LogP contribution in [0.25, 0.3) is 5.76 Å². The summed E-state index contributed by atoms with van der Waals surface area (Å²) in [5.74, 6) is -0.860. The van der Waals surface area contributed by atoms with E-state index in [0.29, 0.717) is 18.0 Å². The Balaban J connectivity index is 2.09. The van der Waals surface area contributed by atoms with Crippen LogP contribution in [0.3, 0.4) is 0 Å². The fourth-order valence-electron chi connectivity index (χ4n) is 3.80. The van der Waals surface area contributed by atoms with Gasteiger partial charge in [-0.25, -0.2) is 0 Å². The molecule has 0 spiro atoms. The van der Waals surface area contributed by atoms with Crippen LogP contribution < -0.4 is 0 Å². The van der Waals surface area contributed by atoms with Gasteiger partial charge >= 0.3 is 0 Å². The smallest absolute Gasteiger partial charge is 0.295 e. The molecule has 1 atom stereocenters. The summed E-state index contributed by atoms with van der Waals surface area (Å²) in [6.07, 6.45) is 2.85. The van der Waals surface area contributed by atoms with Crippen molar-refractivity contribution in [3.05, 3.63) is 76.9 Å². The minimum atomic E-state index is -0.610. The van der Waals surface area contributed by atoms with Crippen molar-refractivity contribution in [2.45, 2.75) is 52.0 Å². The highest BCUT2D eigenvalue weighted by Crippen LogP contribution is 2.39. The van der Waals surface area contributed by atoms with Gasteiger partial charge in [0.25, 0.3) is 11.7 Å². The average molecular weight is 392 g/mol. The molecule has 1 fully saturated rings. The molecule has 4 nitrogen and oxygen atoms in total. The molecule has 4 heteroatoms. The maximum Gasteiger partial charge on any atom is 0.295 e. The molecule has 0 radical (unpaired) electrons. The van der Waals surface area contributed by atoms with Gasteiger partial charge in [-0.3, -0.25) is 9.59 Å². The van der Waals surface area contributed by atoms with Gasteiger partial charge < -0.3 is 10.0 Å². The van der Waals surface area contributed by atoms with Crippen molar-refractivity contribution in [2.75, 3.05) is 6.54 Å². The summed E-state index contributed by atoms with van der Waals surface area (Å²) in [5, 5.41) is 11.0. The van der Waals surface area contributed by atoms with E-state index in [4.69, 9.17) is 0 Å². The number of ketones is 1. The molecule has 1 aliphatic heterocycles. The lowest BCUT2D eigenvalue weighted by atomic mass is 9.93. The number of aliphatic hydroxyl groups is 1. The minimum Gasteiger partial charge on any atom is -0.507 e. The highest BCUT2D eigenvalue weighted by atomic mass is 16.3. The number of amides is 1. The van der Waals surface area contributed by atoms with E-state index in [0.717, 1.165) is 24.8 Å². The molecule has 2 aromatic rings. The third-order valence-corrected chi connectivity index (χ3v) is 5.51. The van der Waals surface area contributed by atoms with Gasteiger partial charge in [0.2, 0.25) is 0 Å². The summed E-state index contributed by atoms with van der Waals surface area (Å²) in [5.41, 5.74) is 2.76. The third-order valence-electron chi connectivity index (χ3n) is 5.51. The van der Waals surface area contributed by atoms with Crippen LogP contribution in [0.4, 0.5) is 0 Å². The first-order chi connectivity index (χ1) is 14.0. The van der Waals surface area contributed by atoms with Crippen LogP contribution in [0.2, 0.25) is 0 Å². The predicted octanol–water partition coefficient (Wildman–Crippen LogP) is 5.42. The summed E-state index contributed by atoms with van der Waals surface area (Å²) < 4.78 is 0. The van der Waals surface area contributed by atoms with Crippen LogP contribution >= 0.6 is 0 Å². The Morgan fingerprint density at radius 1 is 1.00 bits per heavy atom. The molecule has 29 heavy (non-hydrogen) atoms. The number of carbonyl (C=O) groups excluding carboxylic acids is 2. The zero-order valence-corrected chi connectivity index (χ0v) is 17.4. The molecular weight excluding hydrogens is 362 g/mol. The zero-order chi connectivity index (χ0) is 21.0. The van der Waals surface area contributed by atoms with E-state index in [2.05, 4.69) is 20.8 Å². The lowest BCUT2D eigenvalue weighted by molar-refractivity contribution is -0.139. The Bertz CT molecular complexity index is 897. The van der Waals surface area contributed by atoms with Crippen molar-refractivity contribution in [2.24, 2.45) is 0 Å². The summed E-state index contributed by atoms with van der Waals surface area (Å²) in [7, 11) is 0.